The normalized spacial score (nSPS) is 8.57. The molecule has 2 heteroatoms. The molecule has 0 radical (unpaired) electrons. The van der Waals surface area contributed by atoms with E-state index in [1.54, 1.807) is 0 Å². The summed E-state index contributed by atoms with van der Waals surface area (Å²) in [6, 6.07) is 0. The van der Waals surface area contributed by atoms with Gasteiger partial charge >= 0.3 is 0 Å². The molecule has 0 amide bonds. The van der Waals surface area contributed by atoms with Gasteiger partial charge in [0.05, 0.1) is 0 Å². The lowest BCUT2D eigenvalue weighted by Crippen LogP contribution is -1.78. The zero-order valence-electron chi connectivity index (χ0n) is 10.4. The number of hydrogen-bond donors (Lipinski definition) is 1. The van der Waals surface area contributed by atoms with Crippen molar-refractivity contribution in [3.05, 3.63) is 0 Å². The lowest BCUT2D eigenvalue weighted by molar-refractivity contribution is 0.626. The lowest BCUT2D eigenvalue weighted by atomic mass is 10.1. The molecule has 0 heterocycles. The Bertz CT molecular complexity index is 59.3. The molecule has 90 valence electrons. The van der Waals surface area contributed by atoms with E-state index in [-0.39, 0.29) is 6.15 Å². The van der Waals surface area contributed by atoms with Crippen molar-refractivity contribution in [2.24, 2.45) is 0 Å². The van der Waals surface area contributed by atoms with E-state index < -0.39 is 0 Å². The predicted octanol–water partition coefficient (Wildman–Crippen LogP) is 5.55. The first-order valence-corrected chi connectivity index (χ1v) is 6.42. The van der Waals surface area contributed by atoms with E-state index in [0.717, 1.165) is 5.88 Å². The summed E-state index contributed by atoms with van der Waals surface area (Å²) in [5.41, 5.74) is 0. The third-order valence-electron chi connectivity index (χ3n) is 1.99. The monoisotopic (exact) mass is 223 g/mol. The van der Waals surface area contributed by atoms with E-state index in [9.17, 15) is 0 Å². The fourth-order valence-corrected chi connectivity index (χ4v) is 1.06. The molecule has 0 saturated carbocycles. The van der Waals surface area contributed by atoms with Gasteiger partial charge in [0.15, 0.2) is 0 Å². The minimum absolute atomic E-state index is 0. The highest BCUT2D eigenvalue weighted by Gasteiger charge is 1.86. The summed E-state index contributed by atoms with van der Waals surface area (Å²) in [6.45, 7) is 6.60. The van der Waals surface area contributed by atoms with Gasteiger partial charge in [0.1, 0.15) is 0 Å². The molecule has 1 nitrogen and oxygen atoms in total. The molecule has 0 aromatic heterocycles. The van der Waals surface area contributed by atoms with Gasteiger partial charge in [0, 0.05) is 5.88 Å². The standard InChI is InChI=1S/C8H17Cl.C4H10.H3N/c1-2-3-4-5-6-7-8-9;1-3-4-2;/h2-8H2,1H3;3-4H2,1-2H3;1H3. The maximum atomic E-state index is 5.51. The van der Waals surface area contributed by atoms with Crippen LogP contribution in [0.25, 0.3) is 0 Å². The molecular formula is C12H30ClN. The smallest absolute Gasteiger partial charge is 0.0223 e. The van der Waals surface area contributed by atoms with Gasteiger partial charge in [0.25, 0.3) is 0 Å². The molecule has 0 aliphatic heterocycles. The third kappa shape index (κ3) is 29.5. The summed E-state index contributed by atoms with van der Waals surface area (Å²) in [5, 5.41) is 0. The average Bonchev–Trinajstić information content (AvgIpc) is 2.18. The average molecular weight is 224 g/mol. The molecule has 0 atom stereocenters. The van der Waals surface area contributed by atoms with Crippen LogP contribution >= 0.6 is 11.6 Å². The van der Waals surface area contributed by atoms with Crippen LogP contribution in [0.4, 0.5) is 0 Å². The van der Waals surface area contributed by atoms with Crippen molar-refractivity contribution < 1.29 is 0 Å². The molecule has 14 heavy (non-hydrogen) atoms. The molecule has 0 rings (SSSR count). The van der Waals surface area contributed by atoms with Gasteiger partial charge in [-0.1, -0.05) is 65.7 Å². The molecule has 0 spiro atoms. The van der Waals surface area contributed by atoms with Crippen molar-refractivity contribution in [1.29, 1.82) is 0 Å². The highest BCUT2D eigenvalue weighted by atomic mass is 35.5. The first kappa shape index (κ1) is 19.8. The lowest BCUT2D eigenvalue weighted by Gasteiger charge is -1.95. The van der Waals surface area contributed by atoms with E-state index in [1.807, 2.05) is 0 Å². The minimum Gasteiger partial charge on any atom is -0.344 e. The molecule has 0 saturated heterocycles. The van der Waals surface area contributed by atoms with E-state index in [4.69, 9.17) is 11.6 Å². The number of rotatable bonds is 7. The van der Waals surface area contributed by atoms with Crippen LogP contribution in [0.1, 0.15) is 72.1 Å². The zero-order valence-corrected chi connectivity index (χ0v) is 11.2. The fraction of sp³-hybridized carbons (Fsp3) is 1.00. The number of unbranched alkanes of at least 4 members (excludes halogenated alkanes) is 6. The van der Waals surface area contributed by atoms with Crippen LogP contribution < -0.4 is 6.15 Å². The number of hydrogen-bond acceptors (Lipinski definition) is 1. The van der Waals surface area contributed by atoms with Crippen LogP contribution in [0.5, 0.6) is 0 Å². The minimum atomic E-state index is 0. The summed E-state index contributed by atoms with van der Waals surface area (Å²) in [6.07, 6.45) is 10.7. The SMILES string of the molecule is CCCC.CCCCCCCCCl.N. The molecule has 0 fully saturated rings. The molecule has 3 N–H and O–H groups in total. The second-order valence-electron chi connectivity index (χ2n) is 3.46. The van der Waals surface area contributed by atoms with Gasteiger partial charge in [-0.15, -0.1) is 11.6 Å². The van der Waals surface area contributed by atoms with Crippen molar-refractivity contribution >= 4 is 11.6 Å². The van der Waals surface area contributed by atoms with Gasteiger partial charge in [-0.2, -0.15) is 0 Å². The van der Waals surface area contributed by atoms with E-state index in [2.05, 4.69) is 20.8 Å². The molecule has 0 unspecified atom stereocenters. The Hall–Kier alpha value is 0.250. The van der Waals surface area contributed by atoms with Crippen LogP contribution in [-0.4, -0.2) is 5.88 Å². The molecule has 0 aliphatic carbocycles. The Morgan fingerprint density at radius 2 is 1.07 bits per heavy atom. The van der Waals surface area contributed by atoms with Crippen LogP contribution in [0.3, 0.4) is 0 Å². The van der Waals surface area contributed by atoms with Crippen LogP contribution in [0.15, 0.2) is 0 Å². The van der Waals surface area contributed by atoms with Crippen molar-refractivity contribution in [3.63, 3.8) is 0 Å². The second kappa shape index (κ2) is 23.2. The van der Waals surface area contributed by atoms with Crippen molar-refractivity contribution in [2.45, 2.75) is 72.1 Å². The summed E-state index contributed by atoms with van der Waals surface area (Å²) >= 11 is 5.51. The Morgan fingerprint density at radius 3 is 1.43 bits per heavy atom. The zero-order chi connectivity index (χ0) is 10.4. The Labute approximate surface area is 96.2 Å². The van der Waals surface area contributed by atoms with Crippen molar-refractivity contribution in [3.8, 4) is 0 Å². The molecule has 0 aromatic rings. The number of alkyl halides is 1. The number of halogens is 1. The van der Waals surface area contributed by atoms with Gasteiger partial charge in [-0.3, -0.25) is 0 Å². The maximum Gasteiger partial charge on any atom is 0.0223 e. The van der Waals surface area contributed by atoms with Crippen molar-refractivity contribution in [1.82, 2.24) is 6.15 Å². The molecular weight excluding hydrogens is 194 g/mol. The molecule has 0 bridgehead atoms. The van der Waals surface area contributed by atoms with E-state index in [1.165, 1.54) is 51.4 Å². The maximum absolute atomic E-state index is 5.51. The summed E-state index contributed by atoms with van der Waals surface area (Å²) in [5.74, 6) is 0.839. The molecule has 0 aliphatic rings. The quantitative estimate of drug-likeness (QED) is 0.446. The van der Waals surface area contributed by atoms with Crippen LogP contribution in [-0.2, 0) is 0 Å². The Balaban J connectivity index is -0.000000209. The van der Waals surface area contributed by atoms with Gasteiger partial charge in [0.2, 0.25) is 0 Å². The Kier molecular flexibility index (Phi) is 32.8. The summed E-state index contributed by atoms with van der Waals surface area (Å²) in [7, 11) is 0. The van der Waals surface area contributed by atoms with Crippen LogP contribution in [0.2, 0.25) is 0 Å². The fourth-order valence-electron chi connectivity index (χ4n) is 0.875. The van der Waals surface area contributed by atoms with Crippen LogP contribution in [0, 0.1) is 0 Å². The second-order valence-corrected chi connectivity index (χ2v) is 3.83. The first-order valence-electron chi connectivity index (χ1n) is 5.89. The van der Waals surface area contributed by atoms with E-state index in [0.29, 0.717) is 0 Å². The topological polar surface area (TPSA) is 35.0 Å². The first-order chi connectivity index (χ1) is 6.33. The highest BCUT2D eigenvalue weighted by Crippen LogP contribution is 2.04. The van der Waals surface area contributed by atoms with Gasteiger partial charge in [-0.25, -0.2) is 0 Å². The Morgan fingerprint density at radius 1 is 0.643 bits per heavy atom. The van der Waals surface area contributed by atoms with Gasteiger partial charge < -0.3 is 6.15 Å². The van der Waals surface area contributed by atoms with Gasteiger partial charge in [-0.05, 0) is 6.42 Å². The largest absolute Gasteiger partial charge is 0.344 e. The highest BCUT2D eigenvalue weighted by molar-refractivity contribution is 6.17. The van der Waals surface area contributed by atoms with Crippen molar-refractivity contribution in [2.75, 3.05) is 5.88 Å². The predicted molar refractivity (Wildman–Crippen MR) is 69.7 cm³/mol. The summed E-state index contributed by atoms with van der Waals surface area (Å²) < 4.78 is 0. The van der Waals surface area contributed by atoms with E-state index >= 15 is 0 Å². The third-order valence-corrected chi connectivity index (χ3v) is 2.25. The summed E-state index contributed by atoms with van der Waals surface area (Å²) in [4.78, 5) is 0. The molecule has 0 aromatic carbocycles.